The summed E-state index contributed by atoms with van der Waals surface area (Å²) in [6.45, 7) is 3.63. The highest BCUT2D eigenvalue weighted by atomic mass is 35.5. The molecular formula is C27H22ClF3N6O4S. The van der Waals surface area contributed by atoms with Crippen molar-refractivity contribution in [3.05, 3.63) is 74.9 Å². The first-order valence-corrected chi connectivity index (χ1v) is 13.5. The third-order valence-corrected chi connectivity index (χ3v) is 7.97. The van der Waals surface area contributed by atoms with Gasteiger partial charge in [-0.2, -0.15) is 13.2 Å². The van der Waals surface area contributed by atoms with Gasteiger partial charge >= 0.3 is 6.18 Å². The second kappa shape index (κ2) is 11.2. The largest absolute Gasteiger partial charge is 0.494 e. The lowest BCUT2D eigenvalue weighted by Crippen LogP contribution is -2.29. The highest BCUT2D eigenvalue weighted by Crippen LogP contribution is 2.41. The molecule has 0 spiro atoms. The first-order chi connectivity index (χ1) is 19.9. The third kappa shape index (κ3) is 5.46. The molecule has 0 aromatic carbocycles. The van der Waals surface area contributed by atoms with E-state index >= 15 is 0 Å². The Morgan fingerprint density at radius 3 is 2.50 bits per heavy atom. The maximum Gasteiger partial charge on any atom is 0.433 e. The fourth-order valence-electron chi connectivity index (χ4n) is 4.53. The molecule has 15 heteroatoms. The number of amides is 2. The third-order valence-electron chi connectivity index (χ3n) is 6.58. The molecule has 42 heavy (non-hydrogen) atoms. The SMILES string of the molecule is COc1cnc(Cl)cc1-c1cc(C)ncc1C(=O)Nc1nc2c(s1)C(C)N(C(=O)c1ccc(C(F)(F)F)nc1OC)C2. The van der Waals surface area contributed by atoms with Crippen molar-refractivity contribution in [2.75, 3.05) is 19.5 Å². The Bertz CT molecular complexity index is 1710. The first kappa shape index (κ1) is 29.2. The van der Waals surface area contributed by atoms with Crippen LogP contribution >= 0.6 is 22.9 Å². The summed E-state index contributed by atoms with van der Waals surface area (Å²) in [6, 6.07) is 4.65. The number of rotatable bonds is 6. The number of carbonyl (C=O) groups is 2. The topological polar surface area (TPSA) is 119 Å². The number of thiazole rings is 1. The molecule has 0 radical (unpaired) electrons. The molecule has 0 fully saturated rings. The van der Waals surface area contributed by atoms with Gasteiger partial charge < -0.3 is 14.4 Å². The molecule has 10 nitrogen and oxygen atoms in total. The number of fused-ring (bicyclic) bond motifs is 1. The van der Waals surface area contributed by atoms with Gasteiger partial charge in [-0.15, -0.1) is 0 Å². The van der Waals surface area contributed by atoms with E-state index in [2.05, 4.69) is 25.3 Å². The molecule has 0 aliphatic carbocycles. The highest BCUT2D eigenvalue weighted by molar-refractivity contribution is 7.16. The van der Waals surface area contributed by atoms with E-state index in [4.69, 9.17) is 21.1 Å². The number of aromatic nitrogens is 4. The zero-order valence-electron chi connectivity index (χ0n) is 22.5. The van der Waals surface area contributed by atoms with E-state index in [-0.39, 0.29) is 22.8 Å². The van der Waals surface area contributed by atoms with Crippen molar-refractivity contribution in [2.45, 2.75) is 32.6 Å². The van der Waals surface area contributed by atoms with Gasteiger partial charge in [0.25, 0.3) is 11.8 Å². The van der Waals surface area contributed by atoms with Crippen molar-refractivity contribution in [3.63, 3.8) is 0 Å². The maximum absolute atomic E-state index is 13.4. The highest BCUT2D eigenvalue weighted by Gasteiger charge is 2.38. The van der Waals surface area contributed by atoms with Crippen molar-refractivity contribution < 1.29 is 32.2 Å². The molecule has 0 saturated heterocycles. The molecule has 1 N–H and O–H groups in total. The number of nitrogens with one attached hydrogen (secondary N) is 1. The second-order valence-corrected chi connectivity index (χ2v) is 10.6. The average Bonchev–Trinajstić information content (AvgIpc) is 3.49. The van der Waals surface area contributed by atoms with Crippen molar-refractivity contribution in [1.82, 2.24) is 24.8 Å². The summed E-state index contributed by atoms with van der Waals surface area (Å²) in [6.07, 6.45) is -1.77. The van der Waals surface area contributed by atoms with Gasteiger partial charge in [-0.3, -0.25) is 19.9 Å². The van der Waals surface area contributed by atoms with Gasteiger partial charge in [0.1, 0.15) is 22.2 Å². The van der Waals surface area contributed by atoms with Crippen LogP contribution in [0.25, 0.3) is 11.1 Å². The molecule has 0 saturated carbocycles. The van der Waals surface area contributed by atoms with Gasteiger partial charge in [-0.1, -0.05) is 22.9 Å². The molecule has 218 valence electrons. The van der Waals surface area contributed by atoms with E-state index < -0.39 is 35.6 Å². The number of pyridine rings is 3. The van der Waals surface area contributed by atoms with Crippen LogP contribution in [0.3, 0.4) is 0 Å². The fraction of sp³-hybridized carbons (Fsp3) is 0.259. The summed E-state index contributed by atoms with van der Waals surface area (Å²) >= 11 is 7.31. The van der Waals surface area contributed by atoms with Crippen LogP contribution in [0.2, 0.25) is 5.15 Å². The molecule has 2 amide bonds. The minimum absolute atomic E-state index is 0.0793. The van der Waals surface area contributed by atoms with Crippen LogP contribution in [-0.4, -0.2) is 50.9 Å². The number of hydrogen-bond acceptors (Lipinski definition) is 9. The molecule has 5 heterocycles. The van der Waals surface area contributed by atoms with Crippen LogP contribution in [0.5, 0.6) is 11.6 Å². The molecular weight excluding hydrogens is 597 g/mol. The average molecular weight is 619 g/mol. The van der Waals surface area contributed by atoms with E-state index in [0.717, 1.165) is 24.1 Å². The fourth-order valence-corrected chi connectivity index (χ4v) is 5.73. The quantitative estimate of drug-likeness (QED) is 0.263. The lowest BCUT2D eigenvalue weighted by Gasteiger charge is -2.22. The van der Waals surface area contributed by atoms with E-state index in [1.54, 1.807) is 26.0 Å². The summed E-state index contributed by atoms with van der Waals surface area (Å²) in [5, 5.41) is 3.34. The Morgan fingerprint density at radius 1 is 1.07 bits per heavy atom. The Kier molecular flexibility index (Phi) is 7.77. The minimum atomic E-state index is -4.68. The van der Waals surface area contributed by atoms with Crippen LogP contribution in [0, 0.1) is 6.92 Å². The number of methoxy groups -OCH3 is 2. The van der Waals surface area contributed by atoms with Crippen LogP contribution in [0.4, 0.5) is 18.3 Å². The minimum Gasteiger partial charge on any atom is -0.494 e. The van der Waals surface area contributed by atoms with Crippen molar-refractivity contribution in [1.29, 1.82) is 0 Å². The summed E-state index contributed by atoms with van der Waals surface area (Å²) in [5.41, 5.74) is 1.31. The lowest BCUT2D eigenvalue weighted by molar-refractivity contribution is -0.141. The summed E-state index contributed by atoms with van der Waals surface area (Å²) < 4.78 is 49.7. The number of carbonyl (C=O) groups excluding carboxylic acids is 2. The lowest BCUT2D eigenvalue weighted by atomic mass is 10.0. The Hall–Kier alpha value is -4.30. The Labute approximate surface area is 246 Å². The number of hydrogen-bond donors (Lipinski definition) is 1. The molecule has 1 atom stereocenters. The molecule has 4 aromatic rings. The summed E-state index contributed by atoms with van der Waals surface area (Å²) in [5.74, 6) is -1.03. The van der Waals surface area contributed by atoms with Crippen LogP contribution in [0.15, 0.2) is 36.7 Å². The maximum atomic E-state index is 13.4. The van der Waals surface area contributed by atoms with E-state index in [1.807, 2.05) is 0 Å². The second-order valence-electron chi connectivity index (χ2n) is 9.22. The Balaban J connectivity index is 1.37. The van der Waals surface area contributed by atoms with Gasteiger partial charge in [0.15, 0.2) is 5.13 Å². The van der Waals surface area contributed by atoms with Crippen molar-refractivity contribution in [2.24, 2.45) is 0 Å². The molecule has 4 aromatic heterocycles. The van der Waals surface area contributed by atoms with E-state index in [0.29, 0.717) is 33.4 Å². The zero-order valence-corrected chi connectivity index (χ0v) is 24.1. The van der Waals surface area contributed by atoms with Gasteiger partial charge in [0.2, 0.25) is 5.88 Å². The number of nitrogens with zero attached hydrogens (tertiary/aromatic N) is 5. The molecule has 1 aliphatic heterocycles. The summed E-state index contributed by atoms with van der Waals surface area (Å²) in [4.78, 5) is 45.1. The number of alkyl halides is 3. The number of halogens is 4. The van der Waals surface area contributed by atoms with Crippen LogP contribution in [0.1, 0.15) is 55.6 Å². The molecule has 0 bridgehead atoms. The van der Waals surface area contributed by atoms with Crippen molar-refractivity contribution in [3.8, 4) is 22.8 Å². The predicted molar refractivity (Wildman–Crippen MR) is 148 cm³/mol. The van der Waals surface area contributed by atoms with Gasteiger partial charge in [-0.05, 0) is 38.1 Å². The standard InChI is InChI=1S/C27H22ClF3N6O4S/c1-12-7-15(16-8-21(28)33-10-19(16)40-3)17(9-32-12)23(38)36-26-34-18-11-37(13(2)22(18)42-26)25(39)14-5-6-20(27(29,30)31)35-24(14)41-4/h5-10,13H,11H2,1-4H3,(H,34,36,38). The van der Waals surface area contributed by atoms with Crippen molar-refractivity contribution >= 4 is 39.9 Å². The zero-order chi connectivity index (χ0) is 30.3. The number of anilines is 1. The normalized spacial score (nSPS) is 14.5. The first-order valence-electron chi connectivity index (χ1n) is 12.3. The van der Waals surface area contributed by atoms with E-state index in [9.17, 15) is 22.8 Å². The van der Waals surface area contributed by atoms with Gasteiger partial charge in [0.05, 0.1) is 49.1 Å². The number of ether oxygens (including phenoxy) is 2. The van der Waals surface area contributed by atoms with Crippen LogP contribution in [-0.2, 0) is 12.7 Å². The Morgan fingerprint density at radius 2 is 1.83 bits per heavy atom. The molecule has 1 unspecified atom stereocenters. The number of aryl methyl sites for hydroxylation is 1. The smallest absolute Gasteiger partial charge is 0.433 e. The van der Waals surface area contributed by atoms with Gasteiger partial charge in [-0.25, -0.2) is 15.0 Å². The predicted octanol–water partition coefficient (Wildman–Crippen LogP) is 5.96. The molecule has 5 rings (SSSR count). The van der Waals surface area contributed by atoms with Crippen LogP contribution < -0.4 is 14.8 Å². The van der Waals surface area contributed by atoms with E-state index in [1.165, 1.54) is 35.7 Å². The van der Waals surface area contributed by atoms with Gasteiger partial charge in [0, 0.05) is 23.0 Å². The summed E-state index contributed by atoms with van der Waals surface area (Å²) in [7, 11) is 2.63. The monoisotopic (exact) mass is 618 g/mol. The molecule has 1 aliphatic rings.